The van der Waals surface area contributed by atoms with E-state index in [1.54, 1.807) is 18.5 Å². The van der Waals surface area contributed by atoms with Gasteiger partial charge in [-0.2, -0.15) is 4.98 Å². The van der Waals surface area contributed by atoms with Gasteiger partial charge in [0.2, 0.25) is 0 Å². The topological polar surface area (TPSA) is 57.8 Å². The summed E-state index contributed by atoms with van der Waals surface area (Å²) in [5, 5.41) is 2.82. The molecule has 0 aromatic carbocycles. The van der Waals surface area contributed by atoms with E-state index in [1.807, 2.05) is 13.0 Å². The molecule has 0 saturated heterocycles. The first kappa shape index (κ1) is 7.53. The van der Waals surface area contributed by atoms with Gasteiger partial charge in [-0.15, -0.1) is 0 Å². The van der Waals surface area contributed by atoms with Crippen molar-refractivity contribution in [3.05, 3.63) is 35.0 Å². The average Bonchev–Trinajstić information content (AvgIpc) is 2.01. The molecule has 0 unspecified atom stereocenters. The molecule has 0 spiro atoms. The zero-order valence-electron chi connectivity index (χ0n) is 6.16. The SMILES string of the molecule is C/C=C\Nc1cc[nH]c(=O)n1. The van der Waals surface area contributed by atoms with E-state index in [0.29, 0.717) is 5.82 Å². The highest BCUT2D eigenvalue weighted by Crippen LogP contribution is 1.94. The summed E-state index contributed by atoms with van der Waals surface area (Å²) in [6.45, 7) is 1.88. The first-order valence-electron chi connectivity index (χ1n) is 3.26. The minimum atomic E-state index is -0.348. The zero-order valence-corrected chi connectivity index (χ0v) is 6.16. The number of nitrogens with zero attached hydrogens (tertiary/aromatic N) is 1. The molecule has 0 aliphatic rings. The third-order valence-corrected chi connectivity index (χ3v) is 1.07. The molecular formula is C7H9N3O. The van der Waals surface area contributed by atoms with E-state index in [2.05, 4.69) is 15.3 Å². The first-order chi connectivity index (χ1) is 5.33. The smallest absolute Gasteiger partial charge is 0.346 e. The molecule has 0 saturated carbocycles. The van der Waals surface area contributed by atoms with Crippen LogP contribution in [0.25, 0.3) is 0 Å². The Bertz CT molecular complexity index is 303. The largest absolute Gasteiger partial charge is 0.347 e. The van der Waals surface area contributed by atoms with Crippen LogP contribution in [0.15, 0.2) is 29.3 Å². The van der Waals surface area contributed by atoms with Crippen LogP contribution in [0.2, 0.25) is 0 Å². The van der Waals surface area contributed by atoms with Crippen molar-refractivity contribution >= 4 is 5.82 Å². The molecule has 4 nitrogen and oxygen atoms in total. The van der Waals surface area contributed by atoms with Crippen molar-refractivity contribution in [2.45, 2.75) is 6.92 Å². The second kappa shape index (κ2) is 3.55. The predicted molar refractivity (Wildman–Crippen MR) is 43.3 cm³/mol. The van der Waals surface area contributed by atoms with E-state index >= 15 is 0 Å². The molecular weight excluding hydrogens is 142 g/mol. The Morgan fingerprint density at radius 3 is 3.18 bits per heavy atom. The number of allylic oxidation sites excluding steroid dienone is 1. The van der Waals surface area contributed by atoms with E-state index in [-0.39, 0.29) is 5.69 Å². The highest BCUT2D eigenvalue weighted by atomic mass is 16.1. The monoisotopic (exact) mass is 151 g/mol. The molecule has 0 fully saturated rings. The summed E-state index contributed by atoms with van der Waals surface area (Å²) >= 11 is 0. The van der Waals surface area contributed by atoms with Crippen molar-refractivity contribution in [3.8, 4) is 0 Å². The van der Waals surface area contributed by atoms with Gasteiger partial charge in [-0.3, -0.25) is 0 Å². The minimum absolute atomic E-state index is 0.348. The molecule has 0 amide bonds. The minimum Gasteiger partial charge on any atom is -0.347 e. The summed E-state index contributed by atoms with van der Waals surface area (Å²) in [7, 11) is 0. The summed E-state index contributed by atoms with van der Waals surface area (Å²) < 4.78 is 0. The van der Waals surface area contributed by atoms with Gasteiger partial charge in [0.15, 0.2) is 0 Å². The van der Waals surface area contributed by atoms with E-state index in [4.69, 9.17) is 0 Å². The van der Waals surface area contributed by atoms with Crippen molar-refractivity contribution in [2.24, 2.45) is 0 Å². The first-order valence-corrected chi connectivity index (χ1v) is 3.26. The van der Waals surface area contributed by atoms with E-state index in [0.717, 1.165) is 0 Å². The molecule has 0 aliphatic heterocycles. The number of anilines is 1. The van der Waals surface area contributed by atoms with E-state index < -0.39 is 0 Å². The summed E-state index contributed by atoms with van der Waals surface area (Å²) in [6, 6.07) is 1.68. The lowest BCUT2D eigenvalue weighted by atomic mass is 10.6. The van der Waals surface area contributed by atoms with Gasteiger partial charge in [-0.25, -0.2) is 4.79 Å². The van der Waals surface area contributed by atoms with Crippen LogP contribution in [0.1, 0.15) is 6.92 Å². The fourth-order valence-electron chi connectivity index (χ4n) is 0.620. The lowest BCUT2D eigenvalue weighted by Crippen LogP contribution is -2.10. The summed E-state index contributed by atoms with van der Waals surface area (Å²) in [5.74, 6) is 0.548. The predicted octanol–water partition coefficient (Wildman–Crippen LogP) is 0.715. The van der Waals surface area contributed by atoms with Crippen molar-refractivity contribution < 1.29 is 0 Å². The van der Waals surface area contributed by atoms with Crippen LogP contribution in [0, 0.1) is 0 Å². The van der Waals surface area contributed by atoms with Crippen LogP contribution in [0.5, 0.6) is 0 Å². The lowest BCUT2D eigenvalue weighted by Gasteiger charge is -1.94. The maximum atomic E-state index is 10.6. The molecule has 2 N–H and O–H groups in total. The van der Waals surface area contributed by atoms with Gasteiger partial charge in [-0.05, 0) is 19.2 Å². The van der Waals surface area contributed by atoms with Crippen molar-refractivity contribution in [1.29, 1.82) is 0 Å². The lowest BCUT2D eigenvalue weighted by molar-refractivity contribution is 1.08. The Morgan fingerprint density at radius 2 is 2.55 bits per heavy atom. The van der Waals surface area contributed by atoms with Gasteiger partial charge in [-0.1, -0.05) is 6.08 Å². The van der Waals surface area contributed by atoms with Gasteiger partial charge in [0.25, 0.3) is 0 Å². The number of nitrogens with one attached hydrogen (secondary N) is 2. The molecule has 0 radical (unpaired) electrons. The molecule has 0 atom stereocenters. The third kappa shape index (κ3) is 2.25. The maximum Gasteiger partial charge on any atom is 0.346 e. The van der Waals surface area contributed by atoms with E-state index in [1.165, 1.54) is 0 Å². The van der Waals surface area contributed by atoms with Crippen LogP contribution in [-0.4, -0.2) is 9.97 Å². The highest BCUT2D eigenvalue weighted by Gasteiger charge is 1.87. The molecule has 1 aromatic rings. The molecule has 1 heterocycles. The van der Waals surface area contributed by atoms with Gasteiger partial charge in [0, 0.05) is 6.20 Å². The Hall–Kier alpha value is -1.58. The second-order valence-corrected chi connectivity index (χ2v) is 1.92. The molecule has 1 aromatic heterocycles. The van der Waals surface area contributed by atoms with Crippen LogP contribution in [0.4, 0.5) is 5.82 Å². The molecule has 4 heteroatoms. The summed E-state index contributed by atoms with van der Waals surface area (Å²) in [4.78, 5) is 16.7. The number of aromatic nitrogens is 2. The van der Waals surface area contributed by atoms with Gasteiger partial charge in [0.1, 0.15) is 5.82 Å². The van der Waals surface area contributed by atoms with Gasteiger partial charge in [0.05, 0.1) is 0 Å². The van der Waals surface area contributed by atoms with Crippen LogP contribution >= 0.6 is 0 Å². The van der Waals surface area contributed by atoms with Crippen LogP contribution < -0.4 is 11.0 Å². The standard InChI is InChI=1S/C7H9N3O/c1-2-4-8-6-3-5-9-7(11)10-6/h2-5H,1H3,(H2,8,9,10,11)/b4-2-. The molecule has 0 aliphatic carbocycles. The summed E-state index contributed by atoms with van der Waals surface area (Å²) in [6.07, 6.45) is 5.08. The van der Waals surface area contributed by atoms with Crippen LogP contribution in [-0.2, 0) is 0 Å². The Balaban J connectivity index is 2.79. The van der Waals surface area contributed by atoms with E-state index in [9.17, 15) is 4.79 Å². The highest BCUT2D eigenvalue weighted by molar-refractivity contribution is 5.34. The fraction of sp³-hybridized carbons (Fsp3) is 0.143. The third-order valence-electron chi connectivity index (χ3n) is 1.07. The maximum absolute atomic E-state index is 10.6. The van der Waals surface area contributed by atoms with Gasteiger partial charge < -0.3 is 10.3 Å². The fourth-order valence-corrected chi connectivity index (χ4v) is 0.620. The van der Waals surface area contributed by atoms with Crippen molar-refractivity contribution in [1.82, 2.24) is 9.97 Å². The quantitative estimate of drug-likeness (QED) is 0.654. The van der Waals surface area contributed by atoms with Gasteiger partial charge >= 0.3 is 5.69 Å². The summed E-state index contributed by atoms with van der Waals surface area (Å²) in [5.41, 5.74) is -0.348. The second-order valence-electron chi connectivity index (χ2n) is 1.92. The van der Waals surface area contributed by atoms with Crippen LogP contribution in [0.3, 0.4) is 0 Å². The van der Waals surface area contributed by atoms with Crippen molar-refractivity contribution in [3.63, 3.8) is 0 Å². The van der Waals surface area contributed by atoms with Crippen molar-refractivity contribution in [2.75, 3.05) is 5.32 Å². The molecule has 11 heavy (non-hydrogen) atoms. The Kier molecular flexibility index (Phi) is 2.43. The Labute approximate surface area is 64.0 Å². The average molecular weight is 151 g/mol. The Morgan fingerprint density at radius 1 is 1.73 bits per heavy atom. The zero-order chi connectivity index (χ0) is 8.10. The number of hydrogen-bond donors (Lipinski definition) is 2. The number of aromatic amines is 1. The molecule has 58 valence electrons. The normalized spacial score (nSPS) is 10.3. The molecule has 0 bridgehead atoms. The number of hydrogen-bond acceptors (Lipinski definition) is 3. The number of H-pyrrole nitrogens is 1. The number of rotatable bonds is 2. The molecule has 1 rings (SSSR count).